The molecule has 0 bridgehead atoms. The summed E-state index contributed by atoms with van der Waals surface area (Å²) in [5.74, 6) is -0.944. The van der Waals surface area contributed by atoms with Crippen LogP contribution in [-0.2, 0) is 11.3 Å². The van der Waals surface area contributed by atoms with Crippen molar-refractivity contribution in [1.29, 1.82) is 0 Å². The Morgan fingerprint density at radius 2 is 2.12 bits per heavy atom. The van der Waals surface area contributed by atoms with Gasteiger partial charge in [-0.2, -0.15) is 0 Å². The predicted octanol–water partition coefficient (Wildman–Crippen LogP) is -1.02. The lowest BCUT2D eigenvalue weighted by Crippen LogP contribution is -2.44. The third kappa shape index (κ3) is 3.44. The van der Waals surface area contributed by atoms with E-state index in [9.17, 15) is 9.90 Å². The summed E-state index contributed by atoms with van der Waals surface area (Å²) in [6, 6.07) is -1.02. The summed E-state index contributed by atoms with van der Waals surface area (Å²) < 4.78 is 0. The molecule has 0 aliphatic heterocycles. The van der Waals surface area contributed by atoms with Gasteiger partial charge in [0.15, 0.2) is 0 Å². The van der Waals surface area contributed by atoms with E-state index >= 15 is 0 Å². The molecule has 1 heterocycles. The molecule has 1 aromatic heterocycles. The topological polar surface area (TPSA) is 121 Å². The van der Waals surface area contributed by atoms with Gasteiger partial charge < -0.3 is 15.9 Å². The van der Waals surface area contributed by atoms with Gasteiger partial charge in [-0.3, -0.25) is 10.1 Å². The van der Waals surface area contributed by atoms with E-state index in [1.54, 1.807) is 0 Å². The van der Waals surface area contributed by atoms with Gasteiger partial charge in [0.05, 0.1) is 6.10 Å². The molecule has 0 aromatic carbocycles. The van der Waals surface area contributed by atoms with Crippen molar-refractivity contribution in [2.24, 2.45) is 0 Å². The molecule has 88 valence electrons. The van der Waals surface area contributed by atoms with E-state index in [2.05, 4.69) is 15.3 Å². The van der Waals surface area contributed by atoms with Crippen LogP contribution in [0.5, 0.6) is 0 Å². The summed E-state index contributed by atoms with van der Waals surface area (Å²) in [7, 11) is 0. The van der Waals surface area contributed by atoms with Crippen molar-refractivity contribution in [3.8, 4) is 0 Å². The number of carboxylic acids is 1. The molecule has 0 aliphatic rings. The van der Waals surface area contributed by atoms with E-state index in [1.165, 1.54) is 19.3 Å². The van der Waals surface area contributed by atoms with Crippen molar-refractivity contribution in [2.45, 2.75) is 25.6 Å². The van der Waals surface area contributed by atoms with Gasteiger partial charge in [-0.05, 0) is 6.92 Å². The molecule has 16 heavy (non-hydrogen) atoms. The summed E-state index contributed by atoms with van der Waals surface area (Å²) in [5, 5.41) is 20.7. The quantitative estimate of drug-likeness (QED) is 0.507. The van der Waals surface area contributed by atoms with Gasteiger partial charge in [0, 0.05) is 24.5 Å². The molecule has 1 aromatic rings. The minimum absolute atomic E-state index is 0.161. The SMILES string of the molecule is C[C@@H](O)[C@H](NCc1cnc(N)nc1)C(=O)O. The summed E-state index contributed by atoms with van der Waals surface area (Å²) in [6.45, 7) is 1.66. The standard InChI is InChI=1S/C9H14N4O3/c1-5(14)7(8(15)16)11-2-6-3-12-9(10)13-4-6/h3-5,7,11,14H,2H2,1H3,(H,15,16)(H2,10,12,13)/t5-,7+/m1/s1. The number of nitrogens with one attached hydrogen (secondary N) is 1. The molecule has 0 fully saturated rings. The molecule has 0 amide bonds. The van der Waals surface area contributed by atoms with Crippen LogP contribution in [0.4, 0.5) is 5.95 Å². The second kappa shape index (κ2) is 5.38. The van der Waals surface area contributed by atoms with E-state index in [0.29, 0.717) is 5.56 Å². The van der Waals surface area contributed by atoms with Gasteiger partial charge in [-0.15, -0.1) is 0 Å². The number of nitrogens with two attached hydrogens (primary N) is 1. The minimum Gasteiger partial charge on any atom is -0.480 e. The van der Waals surface area contributed by atoms with Crippen molar-refractivity contribution in [3.63, 3.8) is 0 Å². The van der Waals surface area contributed by atoms with Crippen LogP contribution in [0, 0.1) is 0 Å². The number of nitrogen functional groups attached to an aromatic ring is 1. The number of anilines is 1. The summed E-state index contributed by atoms with van der Waals surface area (Å²) in [5.41, 5.74) is 6.00. The zero-order valence-corrected chi connectivity index (χ0v) is 8.79. The maximum atomic E-state index is 10.7. The number of aliphatic carboxylic acids is 1. The number of nitrogens with zero attached hydrogens (tertiary/aromatic N) is 2. The van der Waals surface area contributed by atoms with Crippen molar-refractivity contribution in [2.75, 3.05) is 5.73 Å². The Morgan fingerprint density at radius 1 is 1.56 bits per heavy atom. The molecule has 5 N–H and O–H groups in total. The van der Waals surface area contributed by atoms with Crippen LogP contribution < -0.4 is 11.1 Å². The predicted molar refractivity (Wildman–Crippen MR) is 56.4 cm³/mol. The molecular formula is C9H14N4O3. The lowest BCUT2D eigenvalue weighted by molar-refractivity contribution is -0.142. The second-order valence-corrected chi connectivity index (χ2v) is 3.39. The monoisotopic (exact) mass is 226 g/mol. The number of hydrogen-bond donors (Lipinski definition) is 4. The molecule has 1 rings (SSSR count). The molecule has 0 aliphatic carbocycles. The van der Waals surface area contributed by atoms with Crippen LogP contribution in [0.2, 0.25) is 0 Å². The summed E-state index contributed by atoms with van der Waals surface area (Å²) in [4.78, 5) is 18.3. The van der Waals surface area contributed by atoms with E-state index in [0.717, 1.165) is 0 Å². The molecule has 0 unspecified atom stereocenters. The van der Waals surface area contributed by atoms with Crippen molar-refractivity contribution in [1.82, 2.24) is 15.3 Å². The Bertz CT molecular complexity index is 352. The number of aromatic nitrogens is 2. The lowest BCUT2D eigenvalue weighted by atomic mass is 10.2. The number of carbonyl (C=O) groups is 1. The first-order chi connectivity index (χ1) is 7.50. The van der Waals surface area contributed by atoms with Gasteiger partial charge >= 0.3 is 5.97 Å². The lowest BCUT2D eigenvalue weighted by Gasteiger charge is -2.16. The molecule has 0 saturated heterocycles. The van der Waals surface area contributed by atoms with Gasteiger partial charge in [0.1, 0.15) is 6.04 Å². The van der Waals surface area contributed by atoms with Crippen LogP contribution in [0.3, 0.4) is 0 Å². The maximum absolute atomic E-state index is 10.7. The molecule has 0 saturated carbocycles. The maximum Gasteiger partial charge on any atom is 0.323 e. The van der Waals surface area contributed by atoms with Crippen LogP contribution >= 0.6 is 0 Å². The zero-order valence-electron chi connectivity index (χ0n) is 8.79. The van der Waals surface area contributed by atoms with E-state index in [1.807, 2.05) is 0 Å². The van der Waals surface area contributed by atoms with Crippen LogP contribution in [0.25, 0.3) is 0 Å². The Hall–Kier alpha value is -1.73. The first-order valence-electron chi connectivity index (χ1n) is 4.71. The third-order valence-electron chi connectivity index (χ3n) is 2.00. The van der Waals surface area contributed by atoms with Gasteiger partial charge in [-0.1, -0.05) is 0 Å². The highest BCUT2D eigenvalue weighted by molar-refractivity contribution is 5.74. The Balaban J connectivity index is 2.55. The Kier molecular flexibility index (Phi) is 4.15. The highest BCUT2D eigenvalue weighted by Crippen LogP contribution is 1.99. The van der Waals surface area contributed by atoms with E-state index < -0.39 is 18.1 Å². The average Bonchev–Trinajstić information content (AvgIpc) is 2.20. The molecule has 7 heteroatoms. The highest BCUT2D eigenvalue weighted by Gasteiger charge is 2.21. The van der Waals surface area contributed by atoms with Crippen molar-refractivity contribution < 1.29 is 15.0 Å². The number of hydrogen-bond acceptors (Lipinski definition) is 6. The number of carboxylic acid groups (broad SMARTS) is 1. The minimum atomic E-state index is -1.11. The Labute approximate surface area is 92.3 Å². The molecule has 2 atom stereocenters. The molecule has 7 nitrogen and oxygen atoms in total. The van der Waals surface area contributed by atoms with Crippen molar-refractivity contribution in [3.05, 3.63) is 18.0 Å². The van der Waals surface area contributed by atoms with Crippen molar-refractivity contribution >= 4 is 11.9 Å². The first-order valence-corrected chi connectivity index (χ1v) is 4.71. The van der Waals surface area contributed by atoms with E-state index in [4.69, 9.17) is 10.8 Å². The largest absolute Gasteiger partial charge is 0.480 e. The first kappa shape index (κ1) is 12.3. The number of aliphatic hydroxyl groups excluding tert-OH is 1. The number of aliphatic hydroxyl groups is 1. The second-order valence-electron chi connectivity index (χ2n) is 3.39. The summed E-state index contributed by atoms with van der Waals surface area (Å²) >= 11 is 0. The van der Waals surface area contributed by atoms with Crippen LogP contribution in [0.1, 0.15) is 12.5 Å². The fourth-order valence-corrected chi connectivity index (χ4v) is 1.15. The normalized spacial score (nSPS) is 14.4. The molecule has 0 spiro atoms. The van der Waals surface area contributed by atoms with Crippen LogP contribution in [0.15, 0.2) is 12.4 Å². The average molecular weight is 226 g/mol. The number of rotatable bonds is 5. The molecular weight excluding hydrogens is 212 g/mol. The fourth-order valence-electron chi connectivity index (χ4n) is 1.15. The highest BCUT2D eigenvalue weighted by atomic mass is 16.4. The fraction of sp³-hybridized carbons (Fsp3) is 0.444. The third-order valence-corrected chi connectivity index (χ3v) is 2.00. The molecule has 0 radical (unpaired) electrons. The van der Waals surface area contributed by atoms with Crippen LogP contribution in [-0.4, -0.2) is 38.3 Å². The zero-order chi connectivity index (χ0) is 12.1. The van der Waals surface area contributed by atoms with E-state index in [-0.39, 0.29) is 12.5 Å². The Morgan fingerprint density at radius 3 is 2.56 bits per heavy atom. The van der Waals surface area contributed by atoms with Gasteiger partial charge in [0.2, 0.25) is 5.95 Å². The smallest absolute Gasteiger partial charge is 0.323 e. The van der Waals surface area contributed by atoms with Gasteiger partial charge in [0.25, 0.3) is 0 Å². The summed E-state index contributed by atoms with van der Waals surface area (Å²) in [6.07, 6.45) is 2.01. The van der Waals surface area contributed by atoms with Gasteiger partial charge in [-0.25, -0.2) is 9.97 Å².